The number of rotatable bonds is 6. The number of nitrogens with zero attached hydrogens (tertiary/aromatic N) is 2. The average molecular weight is 484 g/mol. The number of alkyl halides is 3. The number of carboxylic acid groups (broad SMARTS) is 2. The molecule has 1 fully saturated rings. The van der Waals surface area contributed by atoms with Gasteiger partial charge in [0.2, 0.25) is 0 Å². The van der Waals surface area contributed by atoms with Gasteiger partial charge in [-0.15, -0.1) is 0 Å². The molecule has 0 radical (unpaired) electrons. The molecule has 0 atom stereocenters. The van der Waals surface area contributed by atoms with E-state index in [4.69, 9.17) is 29.3 Å². The van der Waals surface area contributed by atoms with E-state index in [1.165, 1.54) is 0 Å². The standard InChI is InChI=1S/C21H25F3N2O2.C2H2O4/c1-27-19-8-5-17(13-20(19)28-2)15-26-11-9-25(10-12-26)14-16-3-6-18(7-4-16)21(22,23)24;3-1(4)2(5)6/h3-8,13H,9-12,14-15H2,1-2H3;(H,3,4)(H,5,6). The molecule has 0 saturated carbocycles. The van der Waals surface area contributed by atoms with Crippen LogP contribution in [0, 0.1) is 0 Å². The summed E-state index contributed by atoms with van der Waals surface area (Å²) in [5.74, 6) is -2.21. The maximum Gasteiger partial charge on any atom is 0.416 e. The fourth-order valence-corrected chi connectivity index (χ4v) is 3.40. The second-order valence-electron chi connectivity index (χ2n) is 7.55. The highest BCUT2D eigenvalue weighted by Gasteiger charge is 2.30. The first-order valence-corrected chi connectivity index (χ1v) is 10.3. The fourth-order valence-electron chi connectivity index (χ4n) is 3.40. The molecular formula is C23H27F3N2O6. The molecule has 0 unspecified atom stereocenters. The normalized spacial score (nSPS) is 14.6. The van der Waals surface area contributed by atoms with Gasteiger partial charge in [-0.2, -0.15) is 13.2 Å². The van der Waals surface area contributed by atoms with Crippen molar-refractivity contribution in [3.8, 4) is 11.5 Å². The molecule has 11 heteroatoms. The van der Waals surface area contributed by atoms with Gasteiger partial charge < -0.3 is 19.7 Å². The van der Waals surface area contributed by atoms with Gasteiger partial charge in [0, 0.05) is 39.3 Å². The maximum absolute atomic E-state index is 12.7. The molecule has 0 aliphatic carbocycles. The van der Waals surface area contributed by atoms with Crippen molar-refractivity contribution in [2.45, 2.75) is 19.3 Å². The zero-order valence-electron chi connectivity index (χ0n) is 18.8. The van der Waals surface area contributed by atoms with Crippen LogP contribution in [0.25, 0.3) is 0 Å². The third-order valence-corrected chi connectivity index (χ3v) is 5.19. The molecule has 2 N–H and O–H groups in total. The van der Waals surface area contributed by atoms with Gasteiger partial charge in [0.15, 0.2) is 11.5 Å². The highest BCUT2D eigenvalue weighted by molar-refractivity contribution is 6.27. The Morgan fingerprint density at radius 2 is 1.24 bits per heavy atom. The highest BCUT2D eigenvalue weighted by Crippen LogP contribution is 2.30. The molecule has 3 rings (SSSR count). The van der Waals surface area contributed by atoms with Crippen LogP contribution >= 0.6 is 0 Å². The molecule has 8 nitrogen and oxygen atoms in total. The quantitative estimate of drug-likeness (QED) is 0.604. The maximum atomic E-state index is 12.7. The van der Waals surface area contributed by atoms with Crippen LogP contribution in [0.2, 0.25) is 0 Å². The Labute approximate surface area is 195 Å². The lowest BCUT2D eigenvalue weighted by Crippen LogP contribution is -2.45. The van der Waals surface area contributed by atoms with E-state index >= 15 is 0 Å². The van der Waals surface area contributed by atoms with Crippen molar-refractivity contribution in [3.63, 3.8) is 0 Å². The van der Waals surface area contributed by atoms with E-state index in [0.29, 0.717) is 12.3 Å². The third kappa shape index (κ3) is 8.23. The monoisotopic (exact) mass is 484 g/mol. The number of carboxylic acids is 2. The molecule has 0 aromatic heterocycles. The lowest BCUT2D eigenvalue weighted by Gasteiger charge is -2.34. The topological polar surface area (TPSA) is 99.5 Å². The summed E-state index contributed by atoms with van der Waals surface area (Å²) in [4.78, 5) is 22.8. The Kier molecular flexibility index (Phi) is 9.69. The van der Waals surface area contributed by atoms with E-state index in [0.717, 1.165) is 61.7 Å². The van der Waals surface area contributed by atoms with Gasteiger partial charge in [-0.05, 0) is 35.4 Å². The van der Waals surface area contributed by atoms with Gasteiger partial charge in [-0.25, -0.2) is 9.59 Å². The number of hydrogen-bond donors (Lipinski definition) is 2. The van der Waals surface area contributed by atoms with Crippen molar-refractivity contribution in [2.75, 3.05) is 40.4 Å². The molecule has 2 aromatic carbocycles. The average Bonchev–Trinajstić information content (AvgIpc) is 2.80. The first kappa shape index (κ1) is 26.9. The minimum atomic E-state index is -4.28. The molecule has 1 heterocycles. The molecule has 1 aliphatic rings. The van der Waals surface area contributed by atoms with Crippen molar-refractivity contribution in [2.24, 2.45) is 0 Å². The van der Waals surface area contributed by atoms with Crippen LogP contribution < -0.4 is 9.47 Å². The predicted molar refractivity (Wildman–Crippen MR) is 117 cm³/mol. The smallest absolute Gasteiger partial charge is 0.416 e. The predicted octanol–water partition coefficient (Wildman–Crippen LogP) is 3.20. The molecule has 186 valence electrons. The summed E-state index contributed by atoms with van der Waals surface area (Å²) in [6, 6.07) is 11.4. The summed E-state index contributed by atoms with van der Waals surface area (Å²) in [6.07, 6.45) is -4.28. The Bertz CT molecular complexity index is 946. The zero-order valence-corrected chi connectivity index (χ0v) is 18.8. The number of benzene rings is 2. The Morgan fingerprint density at radius 1 is 0.794 bits per heavy atom. The van der Waals surface area contributed by atoms with Crippen molar-refractivity contribution in [1.29, 1.82) is 0 Å². The number of methoxy groups -OCH3 is 2. The van der Waals surface area contributed by atoms with Crippen LogP contribution in [-0.2, 0) is 28.9 Å². The van der Waals surface area contributed by atoms with Crippen molar-refractivity contribution in [3.05, 3.63) is 59.2 Å². The van der Waals surface area contributed by atoms with Gasteiger partial charge in [0.25, 0.3) is 0 Å². The Morgan fingerprint density at radius 3 is 1.65 bits per heavy atom. The summed E-state index contributed by atoms with van der Waals surface area (Å²) >= 11 is 0. The largest absolute Gasteiger partial charge is 0.493 e. The highest BCUT2D eigenvalue weighted by atomic mass is 19.4. The van der Waals surface area contributed by atoms with Crippen molar-refractivity contribution in [1.82, 2.24) is 9.80 Å². The van der Waals surface area contributed by atoms with E-state index in [2.05, 4.69) is 9.80 Å². The number of aliphatic carboxylic acids is 2. The Balaban J connectivity index is 0.000000604. The molecular weight excluding hydrogens is 457 g/mol. The lowest BCUT2D eigenvalue weighted by molar-refractivity contribution is -0.159. The van der Waals surface area contributed by atoms with E-state index < -0.39 is 23.7 Å². The third-order valence-electron chi connectivity index (χ3n) is 5.19. The second kappa shape index (κ2) is 12.2. The molecule has 0 spiro atoms. The van der Waals surface area contributed by atoms with Crippen molar-refractivity contribution >= 4 is 11.9 Å². The van der Waals surface area contributed by atoms with E-state index in [-0.39, 0.29) is 0 Å². The van der Waals surface area contributed by atoms with Crippen LogP contribution in [0.3, 0.4) is 0 Å². The molecule has 2 aromatic rings. The first-order valence-electron chi connectivity index (χ1n) is 10.3. The number of piperazine rings is 1. The van der Waals surface area contributed by atoms with Crippen LogP contribution in [0.4, 0.5) is 13.2 Å². The minimum Gasteiger partial charge on any atom is -0.493 e. The van der Waals surface area contributed by atoms with Crippen LogP contribution in [0.15, 0.2) is 42.5 Å². The van der Waals surface area contributed by atoms with Gasteiger partial charge >= 0.3 is 18.1 Å². The fraction of sp³-hybridized carbons (Fsp3) is 0.391. The molecule has 1 saturated heterocycles. The molecule has 1 aliphatic heterocycles. The number of carbonyl (C=O) groups is 2. The number of hydrogen-bond acceptors (Lipinski definition) is 6. The summed E-state index contributed by atoms with van der Waals surface area (Å²) in [7, 11) is 3.25. The summed E-state index contributed by atoms with van der Waals surface area (Å²) in [6.45, 7) is 5.09. The first-order chi connectivity index (χ1) is 16.0. The molecule has 34 heavy (non-hydrogen) atoms. The summed E-state index contributed by atoms with van der Waals surface area (Å²) < 4.78 is 48.6. The second-order valence-corrected chi connectivity index (χ2v) is 7.55. The van der Waals surface area contributed by atoms with Gasteiger partial charge in [0.1, 0.15) is 0 Å². The SMILES string of the molecule is COc1ccc(CN2CCN(Cc3ccc(C(F)(F)F)cc3)CC2)cc1OC.O=C(O)C(=O)O. The van der Waals surface area contributed by atoms with Gasteiger partial charge in [-0.1, -0.05) is 18.2 Å². The van der Waals surface area contributed by atoms with Gasteiger partial charge in [-0.3, -0.25) is 9.80 Å². The van der Waals surface area contributed by atoms with Crippen LogP contribution in [0.1, 0.15) is 16.7 Å². The molecule has 0 bridgehead atoms. The molecule has 0 amide bonds. The van der Waals surface area contributed by atoms with E-state index in [1.54, 1.807) is 26.4 Å². The van der Waals surface area contributed by atoms with Crippen LogP contribution in [0.5, 0.6) is 11.5 Å². The Hall–Kier alpha value is -3.31. The van der Waals surface area contributed by atoms with Crippen molar-refractivity contribution < 1.29 is 42.4 Å². The summed E-state index contributed by atoms with van der Waals surface area (Å²) in [5, 5.41) is 14.8. The number of ether oxygens (including phenoxy) is 2. The summed E-state index contributed by atoms with van der Waals surface area (Å²) in [5.41, 5.74) is 1.46. The van der Waals surface area contributed by atoms with E-state index in [1.807, 2.05) is 18.2 Å². The lowest BCUT2D eigenvalue weighted by atomic mass is 10.1. The van der Waals surface area contributed by atoms with Gasteiger partial charge in [0.05, 0.1) is 19.8 Å². The minimum absolute atomic E-state index is 0.601. The zero-order chi connectivity index (χ0) is 25.3. The van der Waals surface area contributed by atoms with Crippen LogP contribution in [-0.4, -0.2) is 72.4 Å². The van der Waals surface area contributed by atoms with E-state index in [9.17, 15) is 13.2 Å². The number of halogens is 3.